The molecule has 0 saturated carbocycles. The fourth-order valence-corrected chi connectivity index (χ4v) is 3.49. The molecule has 1 aromatic carbocycles. The number of aromatic nitrogens is 1. The van der Waals surface area contributed by atoms with E-state index in [1.54, 1.807) is 11.0 Å². The first kappa shape index (κ1) is 18.5. The Morgan fingerprint density at radius 1 is 1.23 bits per heavy atom. The number of fused-ring (bicyclic) bond motifs is 1. The predicted molar refractivity (Wildman–Crippen MR) is 99.4 cm³/mol. The number of alkyl halides is 1. The van der Waals surface area contributed by atoms with E-state index < -0.39 is 6.16 Å². The van der Waals surface area contributed by atoms with E-state index in [1.165, 1.54) is 6.07 Å². The number of piperazine rings is 1. The number of rotatable bonds is 6. The van der Waals surface area contributed by atoms with E-state index in [4.69, 9.17) is 21.4 Å². The van der Waals surface area contributed by atoms with Gasteiger partial charge in [-0.05, 0) is 37.0 Å². The first-order valence-corrected chi connectivity index (χ1v) is 9.25. The summed E-state index contributed by atoms with van der Waals surface area (Å²) in [4.78, 5) is 29.2. The lowest BCUT2D eigenvalue weighted by atomic mass is 10.0. The molecule has 1 aliphatic heterocycles. The second-order valence-corrected chi connectivity index (χ2v) is 6.61. The fourth-order valence-electron chi connectivity index (χ4n) is 3.30. The Kier molecular flexibility index (Phi) is 6.00. The Balaban J connectivity index is 2.06. The molecule has 2 heterocycles. The molecule has 1 aliphatic rings. The number of nitrogens with zero attached hydrogens (tertiary/aromatic N) is 1. The van der Waals surface area contributed by atoms with E-state index in [0.29, 0.717) is 37.6 Å². The lowest BCUT2D eigenvalue weighted by Crippen LogP contribution is -2.46. The number of hydrogen-bond donors (Lipinski definition) is 3. The number of benzene rings is 1. The number of amides is 1. The highest BCUT2D eigenvalue weighted by atomic mass is 35.5. The Labute approximate surface area is 156 Å². The van der Waals surface area contributed by atoms with E-state index in [9.17, 15) is 9.59 Å². The maximum absolute atomic E-state index is 13.2. The van der Waals surface area contributed by atoms with Gasteiger partial charge in [-0.2, -0.15) is 0 Å². The van der Waals surface area contributed by atoms with Gasteiger partial charge in [-0.25, -0.2) is 4.79 Å². The van der Waals surface area contributed by atoms with Crippen molar-refractivity contribution >= 4 is 34.6 Å². The van der Waals surface area contributed by atoms with Gasteiger partial charge >= 0.3 is 6.16 Å². The highest BCUT2D eigenvalue weighted by Crippen LogP contribution is 2.33. The largest absolute Gasteiger partial charge is 0.511 e. The van der Waals surface area contributed by atoms with Crippen molar-refractivity contribution in [1.82, 2.24) is 15.2 Å². The molecule has 3 N–H and O–H groups in total. The van der Waals surface area contributed by atoms with Crippen LogP contribution in [0.4, 0.5) is 4.79 Å². The van der Waals surface area contributed by atoms with E-state index >= 15 is 0 Å². The molecule has 1 fully saturated rings. The number of ether oxygens (including phenoxy) is 1. The van der Waals surface area contributed by atoms with E-state index in [-0.39, 0.29) is 11.7 Å². The standard InChI is InChI=1S/C18H22ClN3O4/c19-6-2-1-3-12-11-21-13-4-5-14(26-18(24)25)16(15(12)13)17(23)22-9-7-20-8-10-22/h4-5,11,20-21H,1-3,6-10H2,(H,24,25). The predicted octanol–water partition coefficient (Wildman–Crippen LogP) is 2.83. The normalized spacial score (nSPS) is 14.6. The molecule has 0 radical (unpaired) electrons. The SMILES string of the molecule is O=C(O)Oc1ccc2[nH]cc(CCCCCl)c2c1C(=O)N1CCNCC1. The number of carbonyl (C=O) groups is 2. The summed E-state index contributed by atoms with van der Waals surface area (Å²) < 4.78 is 4.93. The summed E-state index contributed by atoms with van der Waals surface area (Å²) in [6, 6.07) is 3.28. The molecule has 2 aromatic rings. The van der Waals surface area contributed by atoms with Gasteiger partial charge in [-0.3, -0.25) is 4.79 Å². The zero-order chi connectivity index (χ0) is 18.5. The number of unbranched alkanes of at least 4 members (excludes halogenated alkanes) is 1. The number of halogens is 1. The van der Waals surface area contributed by atoms with Crippen molar-refractivity contribution in [3.8, 4) is 5.75 Å². The van der Waals surface area contributed by atoms with Crippen LogP contribution in [-0.2, 0) is 6.42 Å². The minimum atomic E-state index is -1.43. The molecular formula is C18H22ClN3O4. The van der Waals surface area contributed by atoms with E-state index in [0.717, 1.165) is 35.7 Å². The second-order valence-electron chi connectivity index (χ2n) is 6.23. The van der Waals surface area contributed by atoms with Crippen molar-refractivity contribution < 1.29 is 19.4 Å². The number of aryl methyl sites for hydroxylation is 1. The third-order valence-electron chi connectivity index (χ3n) is 4.54. The van der Waals surface area contributed by atoms with Crippen LogP contribution in [0, 0.1) is 0 Å². The quantitative estimate of drug-likeness (QED) is 0.310. The topological polar surface area (TPSA) is 94.7 Å². The number of aromatic amines is 1. The molecule has 3 rings (SSSR count). The van der Waals surface area contributed by atoms with Gasteiger partial charge in [-0.1, -0.05) is 0 Å². The van der Waals surface area contributed by atoms with Crippen LogP contribution in [0.3, 0.4) is 0 Å². The molecule has 1 saturated heterocycles. The van der Waals surface area contributed by atoms with Crippen LogP contribution >= 0.6 is 11.6 Å². The van der Waals surface area contributed by atoms with Gasteiger partial charge < -0.3 is 25.0 Å². The van der Waals surface area contributed by atoms with Crippen LogP contribution in [0.1, 0.15) is 28.8 Å². The zero-order valence-corrected chi connectivity index (χ0v) is 15.1. The van der Waals surface area contributed by atoms with Gasteiger partial charge in [0.15, 0.2) is 0 Å². The number of carbonyl (C=O) groups excluding carboxylic acids is 1. The summed E-state index contributed by atoms with van der Waals surface area (Å²) in [6.07, 6.45) is 2.96. The monoisotopic (exact) mass is 379 g/mol. The summed E-state index contributed by atoms with van der Waals surface area (Å²) in [5.41, 5.74) is 2.08. The highest BCUT2D eigenvalue weighted by Gasteiger charge is 2.26. The second kappa shape index (κ2) is 8.42. The average molecular weight is 380 g/mol. The van der Waals surface area contributed by atoms with E-state index in [1.807, 2.05) is 6.20 Å². The molecule has 0 aliphatic carbocycles. The molecule has 26 heavy (non-hydrogen) atoms. The summed E-state index contributed by atoms with van der Waals surface area (Å²) in [5.74, 6) is 0.459. The van der Waals surface area contributed by atoms with Crippen LogP contribution in [0.15, 0.2) is 18.3 Å². The van der Waals surface area contributed by atoms with Gasteiger partial charge in [0.25, 0.3) is 5.91 Å². The van der Waals surface area contributed by atoms with E-state index in [2.05, 4.69) is 10.3 Å². The van der Waals surface area contributed by atoms with Crippen molar-refractivity contribution in [3.05, 3.63) is 29.5 Å². The number of H-pyrrole nitrogens is 1. The van der Waals surface area contributed by atoms with Gasteiger partial charge in [-0.15, -0.1) is 11.6 Å². The van der Waals surface area contributed by atoms with Gasteiger partial charge in [0.05, 0.1) is 5.56 Å². The molecule has 0 unspecified atom stereocenters. The summed E-state index contributed by atoms with van der Waals surface area (Å²) in [6.45, 7) is 2.58. The maximum Gasteiger partial charge on any atom is 0.511 e. The van der Waals surface area contributed by atoms with Crippen molar-refractivity contribution in [2.75, 3.05) is 32.1 Å². The molecule has 0 atom stereocenters. The van der Waals surface area contributed by atoms with Gasteiger partial charge in [0.2, 0.25) is 0 Å². The minimum absolute atomic E-state index is 0.0757. The fraction of sp³-hybridized carbons (Fsp3) is 0.444. The molecular weight excluding hydrogens is 358 g/mol. The van der Waals surface area contributed by atoms with Gasteiger partial charge in [0.1, 0.15) is 5.75 Å². The molecule has 0 bridgehead atoms. The van der Waals surface area contributed by atoms with Crippen LogP contribution in [-0.4, -0.2) is 59.1 Å². The van der Waals surface area contributed by atoms with Crippen molar-refractivity contribution in [3.63, 3.8) is 0 Å². The maximum atomic E-state index is 13.2. The third-order valence-corrected chi connectivity index (χ3v) is 4.80. The molecule has 8 heteroatoms. The highest BCUT2D eigenvalue weighted by molar-refractivity contribution is 6.17. The first-order chi connectivity index (χ1) is 12.6. The first-order valence-electron chi connectivity index (χ1n) is 8.71. The molecule has 7 nitrogen and oxygen atoms in total. The summed E-state index contributed by atoms with van der Waals surface area (Å²) >= 11 is 5.77. The molecule has 1 aromatic heterocycles. The number of nitrogens with one attached hydrogen (secondary N) is 2. The molecule has 140 valence electrons. The lowest BCUT2D eigenvalue weighted by molar-refractivity contribution is 0.0734. The Hall–Kier alpha value is -2.25. The minimum Gasteiger partial charge on any atom is -0.449 e. The van der Waals surface area contributed by atoms with Gasteiger partial charge in [0, 0.05) is 49.2 Å². The van der Waals surface area contributed by atoms with Crippen LogP contribution in [0.2, 0.25) is 0 Å². The lowest BCUT2D eigenvalue weighted by Gasteiger charge is -2.28. The molecule has 0 spiro atoms. The van der Waals surface area contributed by atoms with Crippen LogP contribution in [0.25, 0.3) is 10.9 Å². The van der Waals surface area contributed by atoms with Crippen molar-refractivity contribution in [2.24, 2.45) is 0 Å². The van der Waals surface area contributed by atoms with Crippen LogP contribution < -0.4 is 10.1 Å². The van der Waals surface area contributed by atoms with Crippen molar-refractivity contribution in [2.45, 2.75) is 19.3 Å². The Bertz CT molecular complexity index is 799. The number of carboxylic acid groups (broad SMARTS) is 1. The van der Waals surface area contributed by atoms with Crippen LogP contribution in [0.5, 0.6) is 5.75 Å². The number of hydrogen-bond acceptors (Lipinski definition) is 4. The summed E-state index contributed by atoms with van der Waals surface area (Å²) in [5, 5.41) is 13.0. The third kappa shape index (κ3) is 3.94. The zero-order valence-electron chi connectivity index (χ0n) is 14.4. The molecule has 1 amide bonds. The summed E-state index contributed by atoms with van der Waals surface area (Å²) in [7, 11) is 0. The Morgan fingerprint density at radius 3 is 2.69 bits per heavy atom. The van der Waals surface area contributed by atoms with Crippen molar-refractivity contribution in [1.29, 1.82) is 0 Å². The Morgan fingerprint density at radius 2 is 2.00 bits per heavy atom. The smallest absolute Gasteiger partial charge is 0.449 e. The average Bonchev–Trinajstić information content (AvgIpc) is 3.05.